The SMILES string of the molecule is CC1(C2CC2)CC(=S)NCCS1. The van der Waals surface area contributed by atoms with Gasteiger partial charge in [-0.15, -0.1) is 0 Å². The Morgan fingerprint density at radius 1 is 1.58 bits per heavy atom. The topological polar surface area (TPSA) is 12.0 Å². The van der Waals surface area contributed by atoms with Crippen molar-refractivity contribution in [2.75, 3.05) is 12.3 Å². The first-order valence-electron chi connectivity index (χ1n) is 4.61. The molecule has 0 radical (unpaired) electrons. The predicted molar refractivity (Wildman–Crippen MR) is 58.8 cm³/mol. The Balaban J connectivity index is 2.06. The Kier molecular flexibility index (Phi) is 2.34. The number of thiocarbonyl (C=S) groups is 1. The highest BCUT2D eigenvalue weighted by Gasteiger charge is 2.42. The average Bonchev–Trinajstić information content (AvgIpc) is 2.76. The third kappa shape index (κ3) is 1.77. The summed E-state index contributed by atoms with van der Waals surface area (Å²) in [6.07, 6.45) is 3.94. The molecule has 0 bridgehead atoms. The molecule has 1 unspecified atom stereocenters. The second-order valence-electron chi connectivity index (χ2n) is 3.96. The molecule has 2 aliphatic rings. The largest absolute Gasteiger partial charge is 0.379 e. The molecular weight excluding hydrogens is 186 g/mol. The zero-order valence-electron chi connectivity index (χ0n) is 7.43. The average molecular weight is 201 g/mol. The molecule has 0 aromatic heterocycles. The van der Waals surface area contributed by atoms with Gasteiger partial charge in [-0.1, -0.05) is 12.2 Å². The van der Waals surface area contributed by atoms with E-state index in [0.717, 1.165) is 23.9 Å². The fourth-order valence-electron chi connectivity index (χ4n) is 1.86. The molecule has 1 aliphatic heterocycles. The second kappa shape index (κ2) is 3.18. The van der Waals surface area contributed by atoms with Crippen molar-refractivity contribution in [1.82, 2.24) is 5.32 Å². The van der Waals surface area contributed by atoms with Crippen molar-refractivity contribution in [3.8, 4) is 0 Å². The molecule has 68 valence electrons. The van der Waals surface area contributed by atoms with Crippen molar-refractivity contribution in [2.45, 2.75) is 30.9 Å². The van der Waals surface area contributed by atoms with Crippen LogP contribution in [0.2, 0.25) is 0 Å². The molecular formula is C9H15NS2. The summed E-state index contributed by atoms with van der Waals surface area (Å²) in [6, 6.07) is 0. The van der Waals surface area contributed by atoms with E-state index >= 15 is 0 Å². The smallest absolute Gasteiger partial charge is 0.0767 e. The predicted octanol–water partition coefficient (Wildman–Crippen LogP) is 2.21. The van der Waals surface area contributed by atoms with Gasteiger partial charge in [-0.05, 0) is 25.7 Å². The maximum absolute atomic E-state index is 5.26. The second-order valence-corrected chi connectivity index (χ2v) is 6.08. The Labute approximate surface area is 83.7 Å². The summed E-state index contributed by atoms with van der Waals surface area (Å²) < 4.78 is 0.459. The van der Waals surface area contributed by atoms with Gasteiger partial charge in [0, 0.05) is 23.5 Å². The van der Waals surface area contributed by atoms with Crippen molar-refractivity contribution in [1.29, 1.82) is 0 Å². The third-order valence-corrected chi connectivity index (χ3v) is 4.64. The summed E-state index contributed by atoms with van der Waals surface area (Å²) in [5.74, 6) is 2.16. The molecule has 0 aromatic carbocycles. The first-order valence-corrected chi connectivity index (χ1v) is 6.01. The Bertz CT molecular complexity index is 201. The van der Waals surface area contributed by atoms with Crippen molar-refractivity contribution in [3.05, 3.63) is 0 Å². The highest BCUT2D eigenvalue weighted by Crippen LogP contribution is 2.49. The Hall–Kier alpha value is 0.240. The van der Waals surface area contributed by atoms with Gasteiger partial charge in [0.05, 0.1) is 4.99 Å². The fraction of sp³-hybridized carbons (Fsp3) is 0.889. The van der Waals surface area contributed by atoms with Crippen molar-refractivity contribution < 1.29 is 0 Å². The Morgan fingerprint density at radius 3 is 3.00 bits per heavy atom. The summed E-state index contributed by atoms with van der Waals surface area (Å²) in [4.78, 5) is 1.08. The molecule has 0 spiro atoms. The lowest BCUT2D eigenvalue weighted by Gasteiger charge is -2.26. The molecule has 1 aliphatic carbocycles. The van der Waals surface area contributed by atoms with E-state index in [0.29, 0.717) is 4.75 Å². The number of rotatable bonds is 1. The zero-order valence-corrected chi connectivity index (χ0v) is 9.06. The number of thioether (sulfide) groups is 1. The molecule has 12 heavy (non-hydrogen) atoms. The van der Waals surface area contributed by atoms with E-state index in [1.54, 1.807) is 0 Å². The molecule has 2 fully saturated rings. The lowest BCUT2D eigenvalue weighted by atomic mass is 10.0. The normalized spacial score (nSPS) is 37.2. The minimum Gasteiger partial charge on any atom is -0.379 e. The van der Waals surface area contributed by atoms with Crippen LogP contribution >= 0.6 is 24.0 Å². The highest BCUT2D eigenvalue weighted by atomic mass is 32.2. The lowest BCUT2D eigenvalue weighted by molar-refractivity contribution is 0.588. The van der Waals surface area contributed by atoms with E-state index in [2.05, 4.69) is 24.0 Å². The van der Waals surface area contributed by atoms with Crippen LogP contribution in [0.25, 0.3) is 0 Å². The van der Waals surface area contributed by atoms with Crippen LogP contribution in [0.4, 0.5) is 0 Å². The molecule has 0 amide bonds. The van der Waals surface area contributed by atoms with E-state index in [4.69, 9.17) is 12.2 Å². The summed E-state index contributed by atoms with van der Waals surface area (Å²) >= 11 is 7.37. The monoisotopic (exact) mass is 201 g/mol. The summed E-state index contributed by atoms with van der Waals surface area (Å²) in [5, 5.41) is 3.29. The fourth-order valence-corrected chi connectivity index (χ4v) is 3.74. The van der Waals surface area contributed by atoms with E-state index in [9.17, 15) is 0 Å². The van der Waals surface area contributed by atoms with Gasteiger partial charge in [-0.2, -0.15) is 11.8 Å². The van der Waals surface area contributed by atoms with Gasteiger partial charge in [0.2, 0.25) is 0 Å². The van der Waals surface area contributed by atoms with Crippen LogP contribution in [0, 0.1) is 5.92 Å². The van der Waals surface area contributed by atoms with Crippen LogP contribution in [0.3, 0.4) is 0 Å². The molecule has 1 atom stereocenters. The standard InChI is InChI=1S/C9H15NS2/c1-9(7-2-3-7)6-8(11)10-4-5-12-9/h7H,2-6H2,1H3,(H,10,11). The molecule has 1 saturated carbocycles. The molecule has 1 saturated heterocycles. The number of hydrogen-bond acceptors (Lipinski definition) is 2. The molecule has 0 aromatic rings. The van der Waals surface area contributed by atoms with Crippen LogP contribution < -0.4 is 5.32 Å². The summed E-state index contributed by atoms with van der Waals surface area (Å²) in [5.41, 5.74) is 0. The van der Waals surface area contributed by atoms with E-state index in [1.807, 2.05) is 0 Å². The maximum atomic E-state index is 5.26. The Morgan fingerprint density at radius 2 is 2.33 bits per heavy atom. The maximum Gasteiger partial charge on any atom is 0.0767 e. The van der Waals surface area contributed by atoms with Crippen molar-refractivity contribution >= 4 is 29.0 Å². The van der Waals surface area contributed by atoms with Crippen molar-refractivity contribution in [3.63, 3.8) is 0 Å². The first-order chi connectivity index (χ1) is 5.71. The lowest BCUT2D eigenvalue weighted by Crippen LogP contribution is -2.28. The molecule has 1 nitrogen and oxygen atoms in total. The van der Waals surface area contributed by atoms with Gasteiger partial charge in [0.25, 0.3) is 0 Å². The van der Waals surface area contributed by atoms with Crippen LogP contribution in [0.1, 0.15) is 26.2 Å². The number of hydrogen-bond donors (Lipinski definition) is 1. The zero-order chi connectivity index (χ0) is 8.60. The van der Waals surface area contributed by atoms with Gasteiger partial charge in [-0.3, -0.25) is 0 Å². The number of nitrogens with one attached hydrogen (secondary N) is 1. The van der Waals surface area contributed by atoms with Gasteiger partial charge >= 0.3 is 0 Å². The van der Waals surface area contributed by atoms with Gasteiger partial charge in [0.1, 0.15) is 0 Å². The summed E-state index contributed by atoms with van der Waals surface area (Å²) in [6.45, 7) is 3.44. The minimum atomic E-state index is 0.459. The van der Waals surface area contributed by atoms with E-state index < -0.39 is 0 Å². The molecule has 1 N–H and O–H groups in total. The minimum absolute atomic E-state index is 0.459. The van der Waals surface area contributed by atoms with E-state index in [-0.39, 0.29) is 0 Å². The van der Waals surface area contributed by atoms with Gasteiger partial charge in [-0.25, -0.2) is 0 Å². The summed E-state index contributed by atoms with van der Waals surface area (Å²) in [7, 11) is 0. The highest BCUT2D eigenvalue weighted by molar-refractivity contribution is 8.00. The van der Waals surface area contributed by atoms with Gasteiger partial charge < -0.3 is 5.32 Å². The molecule has 1 heterocycles. The van der Waals surface area contributed by atoms with Crippen LogP contribution in [-0.4, -0.2) is 22.0 Å². The van der Waals surface area contributed by atoms with Crippen LogP contribution in [0.5, 0.6) is 0 Å². The van der Waals surface area contributed by atoms with Crippen LogP contribution in [-0.2, 0) is 0 Å². The van der Waals surface area contributed by atoms with Crippen LogP contribution in [0.15, 0.2) is 0 Å². The van der Waals surface area contributed by atoms with E-state index in [1.165, 1.54) is 18.6 Å². The first kappa shape index (κ1) is 8.82. The quantitative estimate of drug-likeness (QED) is 0.653. The molecule has 3 heteroatoms. The van der Waals surface area contributed by atoms with Gasteiger partial charge in [0.15, 0.2) is 0 Å². The molecule has 2 rings (SSSR count). The third-order valence-electron chi connectivity index (χ3n) is 2.81. The van der Waals surface area contributed by atoms with Crippen molar-refractivity contribution in [2.24, 2.45) is 5.92 Å².